The van der Waals surface area contributed by atoms with Gasteiger partial charge in [0.1, 0.15) is 17.1 Å². The highest BCUT2D eigenvalue weighted by molar-refractivity contribution is 7.99. The number of rotatable bonds is 5. The van der Waals surface area contributed by atoms with Crippen LogP contribution in [0.4, 0.5) is 0 Å². The molecule has 2 heterocycles. The summed E-state index contributed by atoms with van der Waals surface area (Å²) in [6.45, 7) is 1.63. The van der Waals surface area contributed by atoms with E-state index >= 15 is 0 Å². The van der Waals surface area contributed by atoms with Crippen LogP contribution in [0.25, 0.3) is 10.2 Å². The number of thioether (sulfide) groups is 1. The maximum atomic E-state index is 10.8. The minimum absolute atomic E-state index is 0.254. The molecule has 0 spiro atoms. The van der Waals surface area contributed by atoms with E-state index in [4.69, 9.17) is 0 Å². The van der Waals surface area contributed by atoms with Gasteiger partial charge in [0.15, 0.2) is 0 Å². The first kappa shape index (κ1) is 11.5. The third-order valence-electron chi connectivity index (χ3n) is 2.12. The van der Waals surface area contributed by atoms with Gasteiger partial charge < -0.3 is 4.79 Å². The fourth-order valence-corrected chi connectivity index (χ4v) is 3.25. The van der Waals surface area contributed by atoms with Crippen molar-refractivity contribution in [3.05, 3.63) is 17.8 Å². The van der Waals surface area contributed by atoms with Crippen molar-refractivity contribution in [3.8, 4) is 0 Å². The van der Waals surface area contributed by atoms with E-state index in [0.717, 1.165) is 27.4 Å². The molecule has 0 N–H and O–H groups in total. The van der Waals surface area contributed by atoms with E-state index in [1.807, 2.05) is 11.4 Å². The molecule has 0 fully saturated rings. The number of Topliss-reactive ketones (excluding diaryl/α,β-unsaturated/α-hetero) is 1. The van der Waals surface area contributed by atoms with Crippen molar-refractivity contribution < 1.29 is 4.79 Å². The number of ketones is 1. The molecular formula is C11H12N2OS2. The van der Waals surface area contributed by atoms with Crippen molar-refractivity contribution in [2.75, 3.05) is 5.75 Å². The molecule has 3 nitrogen and oxygen atoms in total. The fraction of sp³-hybridized carbons (Fsp3) is 0.364. The second-order valence-electron chi connectivity index (χ2n) is 3.47. The van der Waals surface area contributed by atoms with Gasteiger partial charge in [-0.2, -0.15) is 0 Å². The van der Waals surface area contributed by atoms with Crippen molar-refractivity contribution in [3.63, 3.8) is 0 Å². The predicted octanol–water partition coefficient (Wildman–Crippen LogP) is 3.15. The quantitative estimate of drug-likeness (QED) is 0.466. The van der Waals surface area contributed by atoms with Gasteiger partial charge in [0.05, 0.1) is 10.2 Å². The summed E-state index contributed by atoms with van der Waals surface area (Å²) in [5.41, 5.74) is 1.01. The Hall–Kier alpha value is -0.940. The van der Waals surface area contributed by atoms with Gasteiger partial charge in [0.25, 0.3) is 0 Å². The number of hydrogen-bond donors (Lipinski definition) is 0. The number of fused-ring (bicyclic) bond motifs is 1. The normalized spacial score (nSPS) is 10.8. The Balaban J connectivity index is 1.98. The molecule has 0 unspecified atom stereocenters. The van der Waals surface area contributed by atoms with Crippen LogP contribution in [-0.4, -0.2) is 21.5 Å². The standard InChI is InChI=1S/C11H12N2OS2/c1-8(14)3-2-5-16-11-10-9(4-6-15-10)12-7-13-11/h4,6-7H,2-3,5H2,1H3. The molecule has 5 heteroatoms. The lowest BCUT2D eigenvalue weighted by Crippen LogP contribution is -1.91. The largest absolute Gasteiger partial charge is 0.300 e. The SMILES string of the molecule is CC(=O)CCCSc1ncnc2ccsc12. The van der Waals surface area contributed by atoms with Crippen LogP contribution in [0, 0.1) is 0 Å². The smallest absolute Gasteiger partial charge is 0.129 e. The van der Waals surface area contributed by atoms with Gasteiger partial charge in [-0.05, 0) is 30.5 Å². The molecule has 2 aromatic rings. The van der Waals surface area contributed by atoms with Crippen molar-refractivity contribution in [1.29, 1.82) is 0 Å². The van der Waals surface area contributed by atoms with Crippen LogP contribution < -0.4 is 0 Å². The zero-order valence-corrected chi connectivity index (χ0v) is 10.6. The molecule has 2 aromatic heterocycles. The zero-order valence-electron chi connectivity index (χ0n) is 8.97. The highest BCUT2D eigenvalue weighted by atomic mass is 32.2. The van der Waals surface area contributed by atoms with Crippen LogP contribution in [0.1, 0.15) is 19.8 Å². The van der Waals surface area contributed by atoms with E-state index in [-0.39, 0.29) is 5.78 Å². The van der Waals surface area contributed by atoms with E-state index in [0.29, 0.717) is 6.42 Å². The van der Waals surface area contributed by atoms with Crippen LogP contribution in [0.15, 0.2) is 22.8 Å². The molecule has 2 rings (SSSR count). The number of carbonyl (C=O) groups excluding carboxylic acids is 1. The Morgan fingerprint density at radius 3 is 3.19 bits per heavy atom. The summed E-state index contributed by atoms with van der Waals surface area (Å²) >= 11 is 3.37. The molecule has 0 amide bonds. The van der Waals surface area contributed by atoms with Crippen molar-refractivity contribution in [1.82, 2.24) is 9.97 Å². The lowest BCUT2D eigenvalue weighted by molar-refractivity contribution is -0.117. The minimum atomic E-state index is 0.254. The molecule has 0 saturated carbocycles. The van der Waals surface area contributed by atoms with Gasteiger partial charge in [-0.3, -0.25) is 0 Å². The van der Waals surface area contributed by atoms with E-state index in [2.05, 4.69) is 9.97 Å². The third kappa shape index (κ3) is 2.80. The van der Waals surface area contributed by atoms with Gasteiger partial charge in [-0.25, -0.2) is 9.97 Å². The summed E-state index contributed by atoms with van der Waals surface area (Å²) in [6, 6.07) is 2.00. The number of aromatic nitrogens is 2. The van der Waals surface area contributed by atoms with E-state index in [1.165, 1.54) is 0 Å². The molecule has 84 valence electrons. The minimum Gasteiger partial charge on any atom is -0.300 e. The first-order valence-electron chi connectivity index (χ1n) is 5.08. The monoisotopic (exact) mass is 252 g/mol. The molecule has 0 atom stereocenters. The number of nitrogens with zero attached hydrogens (tertiary/aromatic N) is 2. The van der Waals surface area contributed by atoms with Crippen LogP contribution in [0.2, 0.25) is 0 Å². The van der Waals surface area contributed by atoms with Crippen LogP contribution in [0.5, 0.6) is 0 Å². The summed E-state index contributed by atoms with van der Waals surface area (Å²) < 4.78 is 1.15. The van der Waals surface area contributed by atoms with Gasteiger partial charge >= 0.3 is 0 Å². The number of thiophene rings is 1. The topological polar surface area (TPSA) is 42.9 Å². The summed E-state index contributed by atoms with van der Waals surface area (Å²) in [5.74, 6) is 1.19. The molecule has 16 heavy (non-hydrogen) atoms. The van der Waals surface area contributed by atoms with E-state index < -0.39 is 0 Å². The third-order valence-corrected chi connectivity index (χ3v) is 4.24. The van der Waals surface area contributed by atoms with Gasteiger partial charge in [-0.15, -0.1) is 23.1 Å². The maximum Gasteiger partial charge on any atom is 0.129 e. The Morgan fingerprint density at radius 1 is 1.50 bits per heavy atom. The average molecular weight is 252 g/mol. The molecule has 0 aliphatic rings. The molecule has 0 aliphatic heterocycles. The molecule has 0 bridgehead atoms. The van der Waals surface area contributed by atoms with Gasteiger partial charge in [0.2, 0.25) is 0 Å². The zero-order chi connectivity index (χ0) is 11.4. The second-order valence-corrected chi connectivity index (χ2v) is 5.47. The van der Waals surface area contributed by atoms with Crippen molar-refractivity contribution in [2.24, 2.45) is 0 Å². The average Bonchev–Trinajstić information content (AvgIpc) is 2.72. The summed E-state index contributed by atoms with van der Waals surface area (Å²) in [7, 11) is 0. The predicted molar refractivity (Wildman–Crippen MR) is 68.1 cm³/mol. The Kier molecular flexibility index (Phi) is 3.90. The van der Waals surface area contributed by atoms with Crippen molar-refractivity contribution >= 4 is 39.1 Å². The Morgan fingerprint density at radius 2 is 2.38 bits per heavy atom. The molecule has 0 aromatic carbocycles. The summed E-state index contributed by atoms with van der Waals surface area (Å²) in [5, 5.41) is 3.06. The summed E-state index contributed by atoms with van der Waals surface area (Å²) in [4.78, 5) is 19.3. The van der Waals surface area contributed by atoms with Gasteiger partial charge in [-0.1, -0.05) is 0 Å². The lowest BCUT2D eigenvalue weighted by Gasteiger charge is -2.00. The van der Waals surface area contributed by atoms with E-state index in [1.54, 1.807) is 36.3 Å². The maximum absolute atomic E-state index is 10.8. The molecule has 0 radical (unpaired) electrons. The van der Waals surface area contributed by atoms with Crippen LogP contribution >= 0.6 is 23.1 Å². The first-order valence-corrected chi connectivity index (χ1v) is 6.94. The molecule has 0 aliphatic carbocycles. The van der Waals surface area contributed by atoms with Crippen molar-refractivity contribution in [2.45, 2.75) is 24.8 Å². The highest BCUT2D eigenvalue weighted by Gasteiger charge is 2.05. The highest BCUT2D eigenvalue weighted by Crippen LogP contribution is 2.28. The van der Waals surface area contributed by atoms with E-state index in [9.17, 15) is 4.79 Å². The van der Waals surface area contributed by atoms with Crippen LogP contribution in [-0.2, 0) is 4.79 Å². The second kappa shape index (κ2) is 5.41. The molecular weight excluding hydrogens is 240 g/mol. The van der Waals surface area contributed by atoms with Gasteiger partial charge in [0, 0.05) is 6.42 Å². The van der Waals surface area contributed by atoms with Crippen LogP contribution in [0.3, 0.4) is 0 Å². The number of carbonyl (C=O) groups is 1. The Labute approximate surface area is 102 Å². The summed E-state index contributed by atoms with van der Waals surface area (Å²) in [6.07, 6.45) is 3.17. The fourth-order valence-electron chi connectivity index (χ4n) is 1.36. The number of hydrogen-bond acceptors (Lipinski definition) is 5. The Bertz CT molecular complexity index is 495. The molecule has 0 saturated heterocycles. The first-order chi connectivity index (χ1) is 7.77. The lowest BCUT2D eigenvalue weighted by atomic mass is 10.3.